The van der Waals surface area contributed by atoms with Gasteiger partial charge in [-0.1, -0.05) is 0 Å². The normalized spacial score (nSPS) is 13.9. The number of hydrogen-bond donors (Lipinski definition) is 1. The van der Waals surface area contributed by atoms with Crippen molar-refractivity contribution in [3.63, 3.8) is 0 Å². The molecule has 5 rings (SSSR count). The van der Waals surface area contributed by atoms with Crippen LogP contribution in [0.3, 0.4) is 0 Å². The van der Waals surface area contributed by atoms with E-state index in [1.54, 1.807) is 20.4 Å². The lowest BCUT2D eigenvalue weighted by Gasteiger charge is -2.28. The summed E-state index contributed by atoms with van der Waals surface area (Å²) in [6.07, 6.45) is 1.80. The van der Waals surface area contributed by atoms with Gasteiger partial charge in [0.25, 0.3) is 0 Å². The maximum Gasteiger partial charge on any atom is 0.245 e. The third kappa shape index (κ3) is 3.92. The van der Waals surface area contributed by atoms with Gasteiger partial charge in [-0.25, -0.2) is 9.50 Å². The van der Waals surface area contributed by atoms with Gasteiger partial charge in [-0.05, 0) is 54.6 Å². The fourth-order valence-electron chi connectivity index (χ4n) is 3.88. The molecule has 1 N–H and O–H groups in total. The van der Waals surface area contributed by atoms with E-state index in [1.165, 1.54) is 5.69 Å². The largest absolute Gasteiger partial charge is 0.497 e. The molecular weight excluding hydrogens is 406 g/mol. The molecule has 0 unspecified atom stereocenters. The maximum atomic E-state index is 5.56. The molecule has 164 valence electrons. The summed E-state index contributed by atoms with van der Waals surface area (Å²) in [6.45, 7) is 3.36. The first kappa shape index (κ1) is 20.1. The summed E-state index contributed by atoms with van der Waals surface area (Å²) < 4.78 is 18.3. The summed E-state index contributed by atoms with van der Waals surface area (Å²) in [5, 5.41) is 8.02. The summed E-state index contributed by atoms with van der Waals surface area (Å²) in [7, 11) is 3.31. The molecule has 1 aliphatic heterocycles. The van der Waals surface area contributed by atoms with Crippen molar-refractivity contribution < 1.29 is 14.2 Å². The van der Waals surface area contributed by atoms with Crippen LogP contribution >= 0.6 is 0 Å². The Bertz CT molecular complexity index is 1220. The molecule has 1 fully saturated rings. The number of aromatic nitrogens is 3. The Morgan fingerprint density at radius 3 is 2.50 bits per heavy atom. The zero-order valence-corrected chi connectivity index (χ0v) is 18.1. The molecule has 8 heteroatoms. The lowest BCUT2D eigenvalue weighted by atomic mass is 10.1. The predicted octanol–water partition coefficient (Wildman–Crippen LogP) is 3.99. The molecular formula is C24H25N5O3. The van der Waals surface area contributed by atoms with E-state index >= 15 is 0 Å². The van der Waals surface area contributed by atoms with Crippen molar-refractivity contribution in [2.45, 2.75) is 0 Å². The van der Waals surface area contributed by atoms with Crippen molar-refractivity contribution in [1.82, 2.24) is 14.6 Å². The number of methoxy groups -OCH3 is 2. The second-order valence-electron chi connectivity index (χ2n) is 7.47. The highest BCUT2D eigenvalue weighted by molar-refractivity contribution is 5.73. The van der Waals surface area contributed by atoms with Crippen LogP contribution in [0.2, 0.25) is 0 Å². The van der Waals surface area contributed by atoms with E-state index in [-0.39, 0.29) is 0 Å². The first-order valence-electron chi connectivity index (χ1n) is 10.5. The van der Waals surface area contributed by atoms with Crippen molar-refractivity contribution in [1.29, 1.82) is 0 Å². The number of nitrogens with zero attached hydrogens (tertiary/aromatic N) is 4. The van der Waals surface area contributed by atoms with Gasteiger partial charge in [-0.2, -0.15) is 0 Å². The number of ether oxygens (including phenoxy) is 3. The van der Waals surface area contributed by atoms with Crippen molar-refractivity contribution in [3.05, 3.63) is 60.8 Å². The highest BCUT2D eigenvalue weighted by Gasteiger charge is 2.14. The van der Waals surface area contributed by atoms with Crippen molar-refractivity contribution in [2.75, 3.05) is 50.7 Å². The van der Waals surface area contributed by atoms with E-state index in [0.717, 1.165) is 60.3 Å². The average molecular weight is 431 g/mol. The van der Waals surface area contributed by atoms with Crippen molar-refractivity contribution in [2.24, 2.45) is 0 Å². The lowest BCUT2D eigenvalue weighted by molar-refractivity contribution is 0.122. The number of rotatable bonds is 6. The van der Waals surface area contributed by atoms with Gasteiger partial charge in [0.1, 0.15) is 11.5 Å². The van der Waals surface area contributed by atoms with Crippen molar-refractivity contribution in [3.8, 4) is 22.8 Å². The van der Waals surface area contributed by atoms with Gasteiger partial charge < -0.3 is 24.4 Å². The van der Waals surface area contributed by atoms with Gasteiger partial charge in [0.05, 0.1) is 44.8 Å². The number of morpholine rings is 1. The van der Waals surface area contributed by atoms with Crippen LogP contribution in [0.1, 0.15) is 0 Å². The molecule has 0 amide bonds. The Hall–Kier alpha value is -3.78. The summed E-state index contributed by atoms with van der Waals surface area (Å²) in [5.74, 6) is 2.01. The third-order valence-corrected chi connectivity index (χ3v) is 5.58. The molecule has 32 heavy (non-hydrogen) atoms. The molecule has 0 spiro atoms. The molecule has 2 aromatic carbocycles. The summed E-state index contributed by atoms with van der Waals surface area (Å²) in [6, 6.07) is 18.0. The summed E-state index contributed by atoms with van der Waals surface area (Å²) in [4.78, 5) is 6.79. The molecule has 2 aromatic heterocycles. The SMILES string of the molecule is COc1ccc(OC)c(-c2ccc3cnc(Nc4ccc(N5CCOCC5)cc4)nn23)c1. The van der Waals surface area contributed by atoms with Crippen molar-refractivity contribution >= 4 is 22.8 Å². The summed E-state index contributed by atoms with van der Waals surface area (Å²) >= 11 is 0. The van der Waals surface area contributed by atoms with E-state index in [9.17, 15) is 0 Å². The molecule has 0 atom stereocenters. The topological polar surface area (TPSA) is 73.2 Å². The van der Waals surface area contributed by atoms with Crippen LogP contribution < -0.4 is 19.7 Å². The van der Waals surface area contributed by atoms with E-state index < -0.39 is 0 Å². The van der Waals surface area contributed by atoms with Crippen LogP contribution in [-0.4, -0.2) is 55.1 Å². The highest BCUT2D eigenvalue weighted by atomic mass is 16.5. The average Bonchev–Trinajstić information content (AvgIpc) is 3.28. The maximum absolute atomic E-state index is 5.56. The number of fused-ring (bicyclic) bond motifs is 1. The minimum absolute atomic E-state index is 0.510. The lowest BCUT2D eigenvalue weighted by Crippen LogP contribution is -2.36. The second-order valence-corrected chi connectivity index (χ2v) is 7.47. The minimum Gasteiger partial charge on any atom is -0.497 e. The molecule has 1 saturated heterocycles. The molecule has 0 saturated carbocycles. The standard InChI is InChI=1S/C24H25N5O3/c1-30-20-8-10-23(31-2)21(15-20)22-9-7-19-16-25-24(27-29(19)22)26-17-3-5-18(6-4-17)28-11-13-32-14-12-28/h3-10,15-16H,11-14H2,1-2H3,(H,26,27). The number of anilines is 3. The Kier molecular flexibility index (Phi) is 5.51. The molecule has 0 radical (unpaired) electrons. The quantitative estimate of drug-likeness (QED) is 0.495. The Labute approximate surface area is 186 Å². The van der Waals surface area contributed by atoms with Crippen LogP contribution in [0.15, 0.2) is 60.8 Å². The van der Waals surface area contributed by atoms with Gasteiger partial charge in [0, 0.05) is 30.0 Å². The van der Waals surface area contributed by atoms with Gasteiger partial charge in [0.15, 0.2) is 0 Å². The molecule has 1 aliphatic rings. The number of hydrogen-bond acceptors (Lipinski definition) is 7. The van der Waals surface area contributed by atoms with Gasteiger partial charge in [-0.15, -0.1) is 5.10 Å². The van der Waals surface area contributed by atoms with Crippen LogP contribution in [-0.2, 0) is 4.74 Å². The predicted molar refractivity (Wildman–Crippen MR) is 124 cm³/mol. The zero-order chi connectivity index (χ0) is 21.9. The minimum atomic E-state index is 0.510. The van der Waals surface area contributed by atoms with E-state index in [2.05, 4.69) is 27.3 Å². The van der Waals surface area contributed by atoms with E-state index in [4.69, 9.17) is 19.3 Å². The number of benzene rings is 2. The Morgan fingerprint density at radius 1 is 0.938 bits per heavy atom. The van der Waals surface area contributed by atoms with Crippen LogP contribution in [0, 0.1) is 0 Å². The van der Waals surface area contributed by atoms with Crippen LogP contribution in [0.25, 0.3) is 16.8 Å². The first-order valence-corrected chi connectivity index (χ1v) is 10.5. The smallest absolute Gasteiger partial charge is 0.245 e. The first-order chi connectivity index (χ1) is 15.7. The molecule has 0 aliphatic carbocycles. The van der Waals surface area contributed by atoms with Crippen LogP contribution in [0.5, 0.6) is 11.5 Å². The van der Waals surface area contributed by atoms with Gasteiger partial charge in [-0.3, -0.25) is 0 Å². The van der Waals surface area contributed by atoms with Crippen LogP contribution in [0.4, 0.5) is 17.3 Å². The second kappa shape index (κ2) is 8.76. The fourth-order valence-corrected chi connectivity index (χ4v) is 3.88. The Balaban J connectivity index is 1.43. The fraction of sp³-hybridized carbons (Fsp3) is 0.250. The highest BCUT2D eigenvalue weighted by Crippen LogP contribution is 2.34. The molecule has 8 nitrogen and oxygen atoms in total. The summed E-state index contributed by atoms with van der Waals surface area (Å²) in [5.41, 5.74) is 4.79. The molecule has 4 aromatic rings. The van der Waals surface area contributed by atoms with E-state index in [1.807, 2.05) is 47.0 Å². The third-order valence-electron chi connectivity index (χ3n) is 5.58. The zero-order valence-electron chi connectivity index (χ0n) is 18.1. The van der Waals surface area contributed by atoms with Gasteiger partial charge in [0.2, 0.25) is 5.95 Å². The molecule has 3 heterocycles. The van der Waals surface area contributed by atoms with E-state index in [0.29, 0.717) is 5.95 Å². The molecule has 0 bridgehead atoms. The Morgan fingerprint density at radius 2 is 1.75 bits per heavy atom. The number of nitrogens with one attached hydrogen (secondary N) is 1. The monoisotopic (exact) mass is 431 g/mol. The van der Waals surface area contributed by atoms with Gasteiger partial charge >= 0.3 is 0 Å².